The van der Waals surface area contributed by atoms with Gasteiger partial charge < -0.3 is 34.6 Å². The fraction of sp³-hybridized carbons (Fsp3) is 0.191. The van der Waals surface area contributed by atoms with E-state index in [4.69, 9.17) is 9.97 Å². The second-order valence-electron chi connectivity index (χ2n) is 38.8. The first kappa shape index (κ1) is 87.3. The summed E-state index contributed by atoms with van der Waals surface area (Å²) in [6, 6.07) is 73.9. The Kier molecular flexibility index (Phi) is 20.3. The Morgan fingerprint density at radius 2 is 0.768 bits per heavy atom. The van der Waals surface area contributed by atoms with Gasteiger partial charge in [0.05, 0.1) is 80.2 Å². The minimum absolute atomic E-state index is 0.0203. The second-order valence-corrected chi connectivity index (χ2v) is 41.4. The van der Waals surface area contributed by atoms with Crippen molar-refractivity contribution in [3.8, 4) is 45.0 Å². The van der Waals surface area contributed by atoms with E-state index in [0.717, 1.165) is 83.5 Å². The number of aromatic nitrogens is 16. The number of imidazole rings is 2. The topological polar surface area (TPSA) is 314 Å². The Balaban J connectivity index is 0.0000000995. The summed E-state index contributed by atoms with van der Waals surface area (Å²) >= 11 is 4.07. The number of thiazole rings is 3. The lowest BCUT2D eigenvalue weighted by Gasteiger charge is -2.54. The van der Waals surface area contributed by atoms with Gasteiger partial charge in [0, 0.05) is 90.1 Å². The summed E-state index contributed by atoms with van der Waals surface area (Å²) in [5, 5.41) is 48.7. The number of amides is 4. The van der Waals surface area contributed by atoms with Crippen LogP contribution in [-0.4, -0.2) is 102 Å². The number of halogens is 4. The number of benzene rings is 12. The van der Waals surface area contributed by atoms with Gasteiger partial charge in [-0.15, -0.1) is 54.4 Å². The number of hydrogen-bond donors (Lipinski definition) is 6. The van der Waals surface area contributed by atoms with E-state index in [9.17, 15) is 41.5 Å². The van der Waals surface area contributed by atoms with Gasteiger partial charge in [0.15, 0.2) is 15.4 Å². The van der Waals surface area contributed by atoms with E-state index in [0.29, 0.717) is 97.2 Å². The number of nitrogens with one attached hydrogen (secondary N) is 6. The van der Waals surface area contributed by atoms with Crippen molar-refractivity contribution in [2.45, 2.75) is 108 Å². The molecule has 12 atom stereocenters. The fourth-order valence-electron chi connectivity index (χ4n) is 24.2. The molecule has 8 bridgehead atoms. The smallest absolute Gasteiger partial charge is 0.326 e. The van der Waals surface area contributed by atoms with Gasteiger partial charge in [0.2, 0.25) is 29.6 Å². The molecule has 4 amide bonds. The molecule has 142 heavy (non-hydrogen) atoms. The van der Waals surface area contributed by atoms with E-state index in [2.05, 4.69) is 124 Å². The number of H-pyrrole nitrogens is 2. The van der Waals surface area contributed by atoms with Crippen molar-refractivity contribution in [3.05, 3.63) is 392 Å². The Morgan fingerprint density at radius 1 is 0.387 bits per heavy atom. The van der Waals surface area contributed by atoms with Crippen LogP contribution < -0.4 is 27.0 Å². The molecule has 700 valence electrons. The van der Waals surface area contributed by atoms with Gasteiger partial charge in [-0.25, -0.2) is 52.4 Å². The molecule has 8 aliphatic heterocycles. The van der Waals surface area contributed by atoms with Crippen molar-refractivity contribution in [2.24, 2.45) is 21.7 Å². The van der Waals surface area contributed by atoms with Gasteiger partial charge in [-0.3, -0.25) is 29.1 Å². The van der Waals surface area contributed by atoms with Crippen LogP contribution in [0, 0.1) is 44.9 Å². The molecule has 0 spiro atoms. The first-order valence-corrected chi connectivity index (χ1v) is 49.3. The predicted molar refractivity (Wildman–Crippen MR) is 537 cm³/mol. The molecular weight excluding hydrogens is 1850 g/mol. The molecule has 4 aliphatic carbocycles. The lowest BCUT2D eigenvalue weighted by atomic mass is 9.55. The highest BCUT2D eigenvalue weighted by molar-refractivity contribution is 7.14. The number of hydrogen-bond acceptors (Lipinski definition) is 18. The average Bonchev–Trinajstić information content (AvgIpc) is 1.32. The normalized spacial score (nSPS) is 22.5. The summed E-state index contributed by atoms with van der Waals surface area (Å²) < 4.78 is 65.1. The van der Waals surface area contributed by atoms with Crippen molar-refractivity contribution in [3.63, 3.8) is 0 Å². The van der Waals surface area contributed by atoms with Crippen LogP contribution in [0.25, 0.3) is 88.1 Å². The predicted octanol–water partition coefficient (Wildman–Crippen LogP) is 22.4. The first-order chi connectivity index (χ1) is 68.9. The van der Waals surface area contributed by atoms with Crippen LogP contribution in [0.4, 0.5) is 38.9 Å². The Hall–Kier alpha value is -16.2. The maximum absolute atomic E-state index is 14.3. The number of aromatic amines is 2. The molecule has 12 aliphatic rings. The molecule has 32 rings (SSSR count). The molecule has 0 saturated carbocycles. The molecule has 0 radical (unpaired) electrons. The van der Waals surface area contributed by atoms with Gasteiger partial charge in [0.25, 0.3) is 0 Å². The van der Waals surface area contributed by atoms with Crippen molar-refractivity contribution in [1.82, 2.24) is 78.8 Å². The molecule has 12 unspecified atom stereocenters. The van der Waals surface area contributed by atoms with Crippen molar-refractivity contribution in [1.29, 1.82) is 0 Å². The highest BCUT2D eigenvalue weighted by Crippen LogP contribution is 2.64. The summed E-state index contributed by atoms with van der Waals surface area (Å²) in [5.41, 5.74) is 11.6. The number of carbonyl (C=O) groups excluding carboxylic acids is 4. The van der Waals surface area contributed by atoms with Crippen molar-refractivity contribution in [2.75, 3.05) is 21.3 Å². The van der Waals surface area contributed by atoms with E-state index in [1.54, 1.807) is 78.0 Å². The van der Waals surface area contributed by atoms with Gasteiger partial charge in [-0.1, -0.05) is 194 Å². The monoisotopic (exact) mass is 1940 g/mol. The largest absolute Gasteiger partial charge is 0.343 e. The molecule has 0 saturated heterocycles. The second kappa shape index (κ2) is 33.0. The number of carbonyl (C=O) groups is 4. The average molecular weight is 1940 g/mol. The van der Waals surface area contributed by atoms with Gasteiger partial charge in [-0.05, 0) is 175 Å². The lowest BCUT2D eigenvalue weighted by Crippen LogP contribution is -2.55. The number of fused-ring (bicyclic) bond motifs is 8. The molecule has 0 fully saturated rings. The van der Waals surface area contributed by atoms with Crippen molar-refractivity contribution < 1.29 is 36.7 Å². The maximum atomic E-state index is 14.3. The van der Waals surface area contributed by atoms with Crippen LogP contribution in [-0.2, 0) is 24.6 Å². The van der Waals surface area contributed by atoms with Crippen LogP contribution in [0.3, 0.4) is 0 Å². The Morgan fingerprint density at radius 3 is 1.27 bits per heavy atom. The number of anilines is 4. The molecule has 25 nitrogen and oxygen atoms in total. The number of nitrogens with zero attached hydrogens (tertiary/aromatic N) is 14. The highest BCUT2D eigenvalue weighted by atomic mass is 32.1. The summed E-state index contributed by atoms with van der Waals surface area (Å²) in [6.45, 7) is 10.1. The minimum Gasteiger partial charge on any atom is -0.326 e. The van der Waals surface area contributed by atoms with Crippen LogP contribution in [0.2, 0.25) is 0 Å². The molecule has 16 heterocycles. The molecule has 20 aromatic rings. The van der Waals surface area contributed by atoms with Crippen LogP contribution in [0.15, 0.2) is 295 Å². The number of rotatable bonds is 12. The van der Waals surface area contributed by atoms with E-state index < -0.39 is 33.1 Å². The van der Waals surface area contributed by atoms with E-state index in [1.807, 2.05) is 188 Å². The van der Waals surface area contributed by atoms with Gasteiger partial charge >= 0.3 is 5.69 Å². The molecule has 12 aromatic carbocycles. The Labute approximate surface area is 819 Å². The van der Waals surface area contributed by atoms with Crippen LogP contribution in [0.1, 0.15) is 170 Å². The van der Waals surface area contributed by atoms with Crippen LogP contribution >= 0.6 is 34.0 Å². The molecule has 6 N–H and O–H groups in total. The third-order valence-electron chi connectivity index (χ3n) is 30.7. The zero-order valence-electron chi connectivity index (χ0n) is 76.6. The molecule has 32 heteroatoms. The van der Waals surface area contributed by atoms with E-state index >= 15 is 0 Å². The summed E-state index contributed by atoms with van der Waals surface area (Å²) in [7, 11) is 0. The van der Waals surface area contributed by atoms with Gasteiger partial charge in [0.1, 0.15) is 59.2 Å². The first-order valence-electron chi connectivity index (χ1n) is 46.7. The maximum Gasteiger partial charge on any atom is 0.343 e. The van der Waals surface area contributed by atoms with E-state index in [-0.39, 0.29) is 88.5 Å². The third-order valence-corrected chi connectivity index (χ3v) is 32.9. The zero-order chi connectivity index (χ0) is 96.7. The summed E-state index contributed by atoms with van der Waals surface area (Å²) in [6.07, 6.45) is 11.4. The van der Waals surface area contributed by atoms with E-state index in [1.165, 1.54) is 80.5 Å². The summed E-state index contributed by atoms with van der Waals surface area (Å²) in [4.78, 5) is 94.3. The highest BCUT2D eigenvalue weighted by Gasteiger charge is 2.62. The third kappa shape index (κ3) is 13.5. The lowest BCUT2D eigenvalue weighted by molar-refractivity contribution is -0.130. The van der Waals surface area contributed by atoms with Crippen LogP contribution in [0.5, 0.6) is 0 Å². The minimum atomic E-state index is -0.881. The van der Waals surface area contributed by atoms with Gasteiger partial charge in [-0.2, -0.15) is 5.10 Å². The standard InChI is InChI=1S/C28H22FN5OS.C28H22FN5O.C27H20FN5O2S.C27H20FN5OS/c1-27-14-28(2,23(34-15-30-33-24(27)34)19-9-5-6-10-20(19)27)25(35)32-26-31-22(13-36-26)18-11-12-21(29)17-8-4-3-7-16(17)18;1-28(14-21-17-7-3-5-9-20(17)24(28)34-13-12-30-25(21)34)26(35)33-27-31-15-23(32-27)19-10-11-22(29)18-8-4-2-6-16(18)19;1-27(12-19-15-7-3-5-9-18(15)22(27)33-23(19)31-32-26(33)35)24(34)30-25-29-21(13-36-25)17-10-11-20(28)16-8-4-2-6-14(16)17;1-27(12-20-16-7-3-5-9-19(16)23(27)33-14-29-32-24(20)33)25(34)31-26-30-22(13-35-26)18-10-11-21(28)17-8-4-2-6-15(17)18/h3-13,15,23H,14H2,1-2H3,(H,31,32,35);2-13,15,21,24H,14H2,1H3,(H2,31,32,33,35);2-11,13,19,22H,12H2,1H3,(H,32,35)(H,29,30,34);2-11,13-14,20,23H,12H2,1H3,(H,30,31,34). The molecule has 8 aromatic heterocycles. The molecular formula is C110H84F4N20O5S3. The Bertz CT molecular complexity index is 8470. The summed E-state index contributed by atoms with van der Waals surface area (Å²) in [5.74, 6) is 2.29. The zero-order valence-corrected chi connectivity index (χ0v) is 79.1. The quantitative estimate of drug-likeness (QED) is 0.0619. The fourth-order valence-corrected chi connectivity index (χ4v) is 26.3. The van der Waals surface area contributed by atoms with Crippen molar-refractivity contribution >= 4 is 122 Å². The SMILES string of the molecule is CC1(C(=O)Nc2nc(-c3ccc(F)c4ccccc34)cs2)CC2c3ccccc3C1n1c2n[nH]c1=O.CC1(C(=O)Nc2nc(-c3ccc(F)c4ccccc34)cs2)CC2c3ccccc3C1n1cnnc12.CC1(C(=O)Nc2ncc(-c3ccc(F)c4ccccc34)[nH]2)CC2c3ccccc3C1n1ccnc12.CC12CC(C)(C(=O)Nc3nc(-c4ccc(F)c5ccccc45)cs3)C(c3ccccc31)n1cnnc12.